The van der Waals surface area contributed by atoms with Crippen LogP contribution in [0, 0.1) is 5.82 Å². The van der Waals surface area contributed by atoms with Gasteiger partial charge < -0.3 is 20.1 Å². The van der Waals surface area contributed by atoms with E-state index in [9.17, 15) is 9.18 Å². The van der Waals surface area contributed by atoms with Crippen LogP contribution < -0.4 is 20.1 Å². The molecule has 1 aliphatic carbocycles. The van der Waals surface area contributed by atoms with Gasteiger partial charge in [-0.15, -0.1) is 0 Å². The van der Waals surface area contributed by atoms with Crippen molar-refractivity contribution in [2.24, 2.45) is 0 Å². The third-order valence-electron chi connectivity index (χ3n) is 6.40. The Morgan fingerprint density at radius 1 is 0.909 bits per heavy atom. The van der Waals surface area contributed by atoms with Gasteiger partial charge in [0.2, 0.25) is 0 Å². The first-order valence-corrected chi connectivity index (χ1v) is 10.9. The van der Waals surface area contributed by atoms with Crippen molar-refractivity contribution in [2.45, 2.75) is 24.8 Å². The topological polar surface area (TPSA) is 59.6 Å². The van der Waals surface area contributed by atoms with Gasteiger partial charge in [0.05, 0.1) is 31.6 Å². The number of fused-ring (bicyclic) bond motifs is 1. The minimum absolute atomic E-state index is 0.0203. The number of allylic oxidation sites excluding steroid dienone is 1. The number of rotatable bonds is 4. The number of Topliss-reactive ketones (excluding diaryl/α,β-unsaturated/α-hetero) is 1. The van der Waals surface area contributed by atoms with E-state index in [1.165, 1.54) is 12.1 Å². The van der Waals surface area contributed by atoms with E-state index in [1.807, 2.05) is 42.5 Å². The van der Waals surface area contributed by atoms with Crippen LogP contribution in [0.4, 0.5) is 15.8 Å². The minimum atomic E-state index is -0.390. The summed E-state index contributed by atoms with van der Waals surface area (Å²) in [5, 5.41) is 7.09. The summed E-state index contributed by atoms with van der Waals surface area (Å²) in [7, 11) is 3.23. The molecule has 0 saturated carbocycles. The molecule has 0 radical (unpaired) electrons. The second-order valence-corrected chi connectivity index (χ2v) is 8.33. The molecule has 0 spiro atoms. The largest absolute Gasteiger partial charge is 0.497 e. The fourth-order valence-corrected chi connectivity index (χ4v) is 4.75. The van der Waals surface area contributed by atoms with E-state index < -0.39 is 6.04 Å². The number of hydrogen-bond acceptors (Lipinski definition) is 5. The molecule has 3 aromatic rings. The molecule has 3 aromatic carbocycles. The highest BCUT2D eigenvalue weighted by Crippen LogP contribution is 2.46. The quantitative estimate of drug-likeness (QED) is 0.531. The average molecular weight is 445 g/mol. The van der Waals surface area contributed by atoms with E-state index in [-0.39, 0.29) is 17.5 Å². The molecule has 6 heteroatoms. The predicted octanol–water partition coefficient (Wildman–Crippen LogP) is 5.82. The van der Waals surface area contributed by atoms with Crippen LogP contribution in [-0.4, -0.2) is 20.0 Å². The van der Waals surface area contributed by atoms with Crippen molar-refractivity contribution < 1.29 is 18.7 Å². The monoisotopic (exact) mass is 444 g/mol. The van der Waals surface area contributed by atoms with E-state index in [0.717, 1.165) is 28.2 Å². The Balaban J connectivity index is 1.62. The molecule has 5 nitrogen and oxygen atoms in total. The molecule has 2 N–H and O–H groups in total. The first-order chi connectivity index (χ1) is 16.1. The molecule has 1 aliphatic heterocycles. The molecule has 2 aliphatic rings. The number of para-hydroxylation sites is 2. The Kier molecular flexibility index (Phi) is 5.50. The SMILES string of the molecule is COc1ccc([C@H]2Nc3ccccc3NC3=C2C(=O)C[C@@H](c2ccc(F)cc2)C3)c(OC)c1. The van der Waals surface area contributed by atoms with Gasteiger partial charge in [-0.05, 0) is 54.3 Å². The van der Waals surface area contributed by atoms with Gasteiger partial charge in [-0.3, -0.25) is 4.79 Å². The summed E-state index contributed by atoms with van der Waals surface area (Å²) in [4.78, 5) is 13.6. The number of ketones is 1. The van der Waals surface area contributed by atoms with Crippen LogP contribution in [0.2, 0.25) is 0 Å². The summed E-state index contributed by atoms with van der Waals surface area (Å²) in [6.07, 6.45) is 1.01. The van der Waals surface area contributed by atoms with Crippen molar-refractivity contribution in [3.05, 3.63) is 94.9 Å². The van der Waals surface area contributed by atoms with Gasteiger partial charge in [0.1, 0.15) is 17.3 Å². The van der Waals surface area contributed by atoms with Gasteiger partial charge >= 0.3 is 0 Å². The van der Waals surface area contributed by atoms with Crippen LogP contribution >= 0.6 is 0 Å². The molecular weight excluding hydrogens is 419 g/mol. The van der Waals surface area contributed by atoms with Crippen LogP contribution in [0.3, 0.4) is 0 Å². The maximum Gasteiger partial charge on any atom is 0.163 e. The molecule has 1 heterocycles. The molecule has 0 fully saturated rings. The number of carbonyl (C=O) groups is 1. The van der Waals surface area contributed by atoms with Crippen molar-refractivity contribution in [1.29, 1.82) is 0 Å². The summed E-state index contributed by atoms with van der Waals surface area (Å²) in [5.74, 6) is 1.09. The lowest BCUT2D eigenvalue weighted by Crippen LogP contribution is -2.27. The van der Waals surface area contributed by atoms with Gasteiger partial charge in [-0.1, -0.05) is 24.3 Å². The molecule has 0 amide bonds. The van der Waals surface area contributed by atoms with E-state index >= 15 is 0 Å². The lowest BCUT2D eigenvalue weighted by molar-refractivity contribution is -0.116. The number of hydrogen-bond donors (Lipinski definition) is 2. The zero-order valence-corrected chi connectivity index (χ0v) is 18.5. The fourth-order valence-electron chi connectivity index (χ4n) is 4.75. The zero-order chi connectivity index (χ0) is 22.9. The van der Waals surface area contributed by atoms with Crippen LogP contribution in [0.25, 0.3) is 0 Å². The van der Waals surface area contributed by atoms with Gasteiger partial charge in [-0.2, -0.15) is 0 Å². The van der Waals surface area contributed by atoms with Crippen molar-refractivity contribution in [3.8, 4) is 11.5 Å². The molecule has 0 bridgehead atoms. The zero-order valence-electron chi connectivity index (χ0n) is 18.5. The highest BCUT2D eigenvalue weighted by molar-refractivity contribution is 6.01. The third kappa shape index (κ3) is 3.93. The number of methoxy groups -OCH3 is 2. The summed E-state index contributed by atoms with van der Waals surface area (Å²) >= 11 is 0. The smallest absolute Gasteiger partial charge is 0.163 e. The number of halogens is 1. The summed E-state index contributed by atoms with van der Waals surface area (Å²) < 4.78 is 24.5. The Bertz CT molecular complexity index is 1240. The summed E-state index contributed by atoms with van der Waals surface area (Å²) in [6, 6.07) is 19.6. The lowest BCUT2D eigenvalue weighted by Gasteiger charge is -2.30. The number of nitrogens with one attached hydrogen (secondary N) is 2. The van der Waals surface area contributed by atoms with Gasteiger partial charge in [0.15, 0.2) is 5.78 Å². The number of ether oxygens (including phenoxy) is 2. The highest BCUT2D eigenvalue weighted by Gasteiger charge is 2.37. The van der Waals surface area contributed by atoms with E-state index in [4.69, 9.17) is 9.47 Å². The van der Waals surface area contributed by atoms with E-state index in [1.54, 1.807) is 26.4 Å². The maximum absolute atomic E-state index is 13.6. The van der Waals surface area contributed by atoms with Crippen LogP contribution in [0.5, 0.6) is 11.5 Å². The first kappa shape index (κ1) is 21.1. The van der Waals surface area contributed by atoms with E-state index in [0.29, 0.717) is 29.9 Å². The van der Waals surface area contributed by atoms with Crippen molar-refractivity contribution in [2.75, 3.05) is 24.9 Å². The average Bonchev–Trinajstić information content (AvgIpc) is 3.00. The molecular formula is C27H25FN2O3. The third-order valence-corrected chi connectivity index (χ3v) is 6.40. The Labute approximate surface area is 192 Å². The number of carbonyl (C=O) groups excluding carboxylic acids is 1. The molecule has 0 unspecified atom stereocenters. The van der Waals surface area contributed by atoms with Gasteiger partial charge in [0.25, 0.3) is 0 Å². The summed E-state index contributed by atoms with van der Waals surface area (Å²) in [6.45, 7) is 0. The Morgan fingerprint density at radius 2 is 1.67 bits per heavy atom. The van der Waals surface area contributed by atoms with Gasteiger partial charge in [-0.25, -0.2) is 4.39 Å². The normalized spacial score (nSPS) is 19.5. The predicted molar refractivity (Wildman–Crippen MR) is 126 cm³/mol. The lowest BCUT2D eigenvalue weighted by atomic mass is 9.78. The van der Waals surface area contributed by atoms with Gasteiger partial charge in [0, 0.05) is 29.3 Å². The Hall–Kier alpha value is -3.80. The fraction of sp³-hybridized carbons (Fsp3) is 0.222. The molecule has 5 rings (SSSR count). The molecule has 2 atom stereocenters. The van der Waals surface area contributed by atoms with Crippen LogP contribution in [0.1, 0.15) is 35.9 Å². The van der Waals surface area contributed by atoms with E-state index in [2.05, 4.69) is 10.6 Å². The molecule has 0 aromatic heterocycles. The highest BCUT2D eigenvalue weighted by atomic mass is 19.1. The number of benzene rings is 3. The molecule has 0 saturated heterocycles. The molecule has 33 heavy (non-hydrogen) atoms. The standard InChI is InChI=1S/C27H25FN2O3/c1-32-19-11-12-20(25(15-19)33-2)27-26-23(29-21-5-3-4-6-22(21)30-27)13-17(14-24(26)31)16-7-9-18(28)10-8-16/h3-12,15,17,27,29-30H,13-14H2,1-2H3/t17-,27+/m0/s1. The molecule has 168 valence electrons. The van der Waals surface area contributed by atoms with Crippen molar-refractivity contribution >= 4 is 17.2 Å². The maximum atomic E-state index is 13.6. The second kappa shape index (κ2) is 8.62. The number of anilines is 2. The van der Waals surface area contributed by atoms with Crippen LogP contribution in [0.15, 0.2) is 78.0 Å². The van der Waals surface area contributed by atoms with Crippen molar-refractivity contribution in [3.63, 3.8) is 0 Å². The second-order valence-electron chi connectivity index (χ2n) is 8.33. The minimum Gasteiger partial charge on any atom is -0.497 e. The summed E-state index contributed by atoms with van der Waals surface area (Å²) in [5.41, 5.74) is 5.21. The first-order valence-electron chi connectivity index (χ1n) is 10.9. The Morgan fingerprint density at radius 3 is 2.39 bits per heavy atom. The van der Waals surface area contributed by atoms with Crippen molar-refractivity contribution in [1.82, 2.24) is 0 Å². The van der Waals surface area contributed by atoms with Crippen LogP contribution in [-0.2, 0) is 4.79 Å².